The number of nitrogens with zero attached hydrogens (tertiary/aromatic N) is 3. The fourth-order valence-corrected chi connectivity index (χ4v) is 3.49. The lowest BCUT2D eigenvalue weighted by Gasteiger charge is -2.32. The molecule has 0 spiro atoms. The van der Waals surface area contributed by atoms with E-state index in [0.29, 0.717) is 18.5 Å². The highest BCUT2D eigenvalue weighted by Crippen LogP contribution is 2.16. The Hall–Kier alpha value is -0.650. The van der Waals surface area contributed by atoms with E-state index in [1.54, 1.807) is 0 Å². The minimum atomic E-state index is 0.319. The molecule has 0 aromatic heterocycles. The highest BCUT2D eigenvalue weighted by atomic mass is 16.2. The van der Waals surface area contributed by atoms with Gasteiger partial charge in [0.2, 0.25) is 5.91 Å². The second-order valence-corrected chi connectivity index (χ2v) is 6.34. The predicted molar refractivity (Wildman–Crippen MR) is 86.4 cm³/mol. The van der Waals surface area contributed by atoms with Crippen LogP contribution in [0.25, 0.3) is 0 Å². The third-order valence-corrected chi connectivity index (χ3v) is 4.61. The Morgan fingerprint density at radius 2 is 1.81 bits per heavy atom. The van der Waals surface area contributed by atoms with Crippen molar-refractivity contribution in [2.24, 2.45) is 0 Å². The van der Waals surface area contributed by atoms with Crippen LogP contribution in [0.4, 0.5) is 0 Å². The van der Waals surface area contributed by atoms with E-state index in [-0.39, 0.29) is 0 Å². The van der Waals surface area contributed by atoms with Gasteiger partial charge >= 0.3 is 0 Å². The van der Waals surface area contributed by atoms with Crippen molar-refractivity contribution in [3.63, 3.8) is 0 Å². The lowest BCUT2D eigenvalue weighted by Crippen LogP contribution is -2.49. The summed E-state index contributed by atoms with van der Waals surface area (Å²) in [4.78, 5) is 19.4. The third-order valence-electron chi connectivity index (χ3n) is 4.61. The molecule has 0 saturated carbocycles. The van der Waals surface area contributed by atoms with Crippen molar-refractivity contribution in [2.45, 2.75) is 39.2 Å². The molecular formula is C16H32N4O. The summed E-state index contributed by atoms with van der Waals surface area (Å²) in [5.74, 6) is 0.319. The lowest BCUT2D eigenvalue weighted by atomic mass is 10.2. The zero-order valence-electron chi connectivity index (χ0n) is 13.8. The van der Waals surface area contributed by atoms with Crippen LogP contribution in [-0.2, 0) is 4.79 Å². The number of likely N-dealkylation sites (tertiary alicyclic amines) is 1. The van der Waals surface area contributed by atoms with E-state index < -0.39 is 0 Å². The van der Waals surface area contributed by atoms with Gasteiger partial charge in [-0.1, -0.05) is 13.8 Å². The molecule has 0 bridgehead atoms. The van der Waals surface area contributed by atoms with Gasteiger partial charge in [0, 0.05) is 58.4 Å². The molecule has 5 nitrogen and oxygen atoms in total. The van der Waals surface area contributed by atoms with Gasteiger partial charge in [0.1, 0.15) is 0 Å². The zero-order chi connectivity index (χ0) is 15.1. The van der Waals surface area contributed by atoms with Crippen LogP contribution in [0.1, 0.15) is 33.1 Å². The number of carbonyl (C=O) groups excluding carboxylic acids is 1. The van der Waals surface area contributed by atoms with E-state index in [1.807, 2.05) is 4.90 Å². The number of hydrogen-bond donors (Lipinski definition) is 1. The highest BCUT2D eigenvalue weighted by Gasteiger charge is 2.29. The van der Waals surface area contributed by atoms with Crippen molar-refractivity contribution in [2.75, 3.05) is 58.9 Å². The highest BCUT2D eigenvalue weighted by molar-refractivity contribution is 5.78. The van der Waals surface area contributed by atoms with E-state index in [2.05, 4.69) is 29.0 Å². The summed E-state index contributed by atoms with van der Waals surface area (Å²) in [5, 5.41) is 3.41. The number of carbonyl (C=O) groups is 1. The van der Waals surface area contributed by atoms with Crippen LogP contribution in [0, 0.1) is 0 Å². The molecule has 2 rings (SSSR count). The molecular weight excluding hydrogens is 264 g/mol. The monoisotopic (exact) mass is 296 g/mol. The Balaban J connectivity index is 1.76. The van der Waals surface area contributed by atoms with Gasteiger partial charge in [-0.15, -0.1) is 0 Å². The van der Waals surface area contributed by atoms with Crippen molar-refractivity contribution in [1.29, 1.82) is 0 Å². The Morgan fingerprint density at radius 3 is 2.43 bits per heavy atom. The van der Waals surface area contributed by atoms with Gasteiger partial charge in [-0.05, 0) is 19.3 Å². The number of hydrogen-bond acceptors (Lipinski definition) is 4. The largest absolute Gasteiger partial charge is 0.342 e. The minimum absolute atomic E-state index is 0.319. The van der Waals surface area contributed by atoms with Crippen LogP contribution in [-0.4, -0.2) is 85.6 Å². The van der Waals surface area contributed by atoms with E-state index in [4.69, 9.17) is 0 Å². The topological polar surface area (TPSA) is 38.8 Å². The summed E-state index contributed by atoms with van der Waals surface area (Å²) in [6.07, 6.45) is 3.32. The molecule has 0 aliphatic carbocycles. The predicted octanol–water partition coefficient (Wildman–Crippen LogP) is 0.615. The van der Waals surface area contributed by atoms with Crippen LogP contribution in [0.5, 0.6) is 0 Å². The van der Waals surface area contributed by atoms with Crippen molar-refractivity contribution in [1.82, 2.24) is 20.0 Å². The molecule has 2 aliphatic heterocycles. The van der Waals surface area contributed by atoms with E-state index >= 15 is 0 Å². The number of rotatable bonds is 7. The molecule has 2 fully saturated rings. The third kappa shape index (κ3) is 4.94. The van der Waals surface area contributed by atoms with Crippen LogP contribution in [0.2, 0.25) is 0 Å². The van der Waals surface area contributed by atoms with Gasteiger partial charge in [-0.2, -0.15) is 0 Å². The van der Waals surface area contributed by atoms with Gasteiger partial charge in [-0.3, -0.25) is 14.6 Å². The van der Waals surface area contributed by atoms with Gasteiger partial charge in [0.15, 0.2) is 0 Å². The summed E-state index contributed by atoms with van der Waals surface area (Å²) in [7, 11) is 0. The van der Waals surface area contributed by atoms with Crippen molar-refractivity contribution in [3.8, 4) is 0 Å². The molecule has 0 aromatic carbocycles. The van der Waals surface area contributed by atoms with Gasteiger partial charge in [0.25, 0.3) is 0 Å². The fraction of sp³-hybridized carbons (Fsp3) is 0.938. The van der Waals surface area contributed by atoms with Crippen molar-refractivity contribution in [3.05, 3.63) is 0 Å². The molecule has 5 heteroatoms. The molecule has 1 N–H and O–H groups in total. The normalized spacial score (nSPS) is 24.4. The maximum absolute atomic E-state index is 12.4. The Bertz CT molecular complexity index is 311. The van der Waals surface area contributed by atoms with E-state index in [1.165, 1.54) is 6.42 Å². The molecule has 1 amide bonds. The SMILES string of the molecule is CCCN(CCC)C(=O)CN1CCC(N2CCNCC2)C1. The number of piperazine rings is 1. The second kappa shape index (κ2) is 8.71. The van der Waals surface area contributed by atoms with Crippen LogP contribution >= 0.6 is 0 Å². The number of nitrogens with one attached hydrogen (secondary N) is 1. The zero-order valence-corrected chi connectivity index (χ0v) is 13.8. The molecule has 0 aromatic rings. The Morgan fingerprint density at radius 1 is 1.14 bits per heavy atom. The molecule has 2 aliphatic rings. The van der Waals surface area contributed by atoms with Gasteiger partial charge in [0.05, 0.1) is 6.54 Å². The summed E-state index contributed by atoms with van der Waals surface area (Å²) in [6, 6.07) is 0.658. The molecule has 21 heavy (non-hydrogen) atoms. The summed E-state index contributed by atoms with van der Waals surface area (Å²) >= 11 is 0. The molecule has 1 unspecified atom stereocenters. The smallest absolute Gasteiger partial charge is 0.236 e. The first-order chi connectivity index (χ1) is 10.2. The second-order valence-electron chi connectivity index (χ2n) is 6.34. The maximum atomic E-state index is 12.4. The molecule has 122 valence electrons. The summed E-state index contributed by atoms with van der Waals surface area (Å²) < 4.78 is 0. The number of amides is 1. The van der Waals surface area contributed by atoms with Crippen molar-refractivity contribution >= 4 is 5.91 Å². The van der Waals surface area contributed by atoms with Gasteiger partial charge in [-0.25, -0.2) is 0 Å². The van der Waals surface area contributed by atoms with Gasteiger partial charge < -0.3 is 10.2 Å². The standard InChI is InChI=1S/C16H32N4O/c1-3-8-20(9-4-2)16(21)14-18-10-5-15(13-18)19-11-6-17-7-12-19/h15,17H,3-14H2,1-2H3. The first-order valence-corrected chi connectivity index (χ1v) is 8.69. The van der Waals surface area contributed by atoms with Crippen LogP contribution in [0.15, 0.2) is 0 Å². The quantitative estimate of drug-likeness (QED) is 0.747. The molecule has 2 heterocycles. The van der Waals surface area contributed by atoms with E-state index in [9.17, 15) is 4.79 Å². The lowest BCUT2D eigenvalue weighted by molar-refractivity contribution is -0.132. The van der Waals surface area contributed by atoms with Crippen molar-refractivity contribution < 1.29 is 4.79 Å². The molecule has 2 saturated heterocycles. The molecule has 0 radical (unpaired) electrons. The summed E-state index contributed by atoms with van der Waals surface area (Å²) in [5.41, 5.74) is 0. The Kier molecular flexibility index (Phi) is 6.93. The average Bonchev–Trinajstić information content (AvgIpc) is 2.96. The minimum Gasteiger partial charge on any atom is -0.342 e. The average molecular weight is 296 g/mol. The first-order valence-electron chi connectivity index (χ1n) is 8.69. The Labute approximate surface area is 129 Å². The first kappa shape index (κ1) is 16.7. The van der Waals surface area contributed by atoms with Crippen LogP contribution in [0.3, 0.4) is 0 Å². The summed E-state index contributed by atoms with van der Waals surface area (Å²) in [6.45, 7) is 13.4. The molecule has 1 atom stereocenters. The van der Waals surface area contributed by atoms with E-state index in [0.717, 1.165) is 65.2 Å². The fourth-order valence-electron chi connectivity index (χ4n) is 3.49. The van der Waals surface area contributed by atoms with Crippen LogP contribution < -0.4 is 5.32 Å². The maximum Gasteiger partial charge on any atom is 0.236 e.